The lowest BCUT2D eigenvalue weighted by atomic mass is 9.80. The largest absolute Gasteiger partial charge is 0.488 e. The summed E-state index contributed by atoms with van der Waals surface area (Å²) in [5, 5.41) is 21.7. The number of benzene rings is 3. The zero-order valence-corrected chi connectivity index (χ0v) is 21.7. The Morgan fingerprint density at radius 1 is 1.08 bits per heavy atom. The highest BCUT2D eigenvalue weighted by Gasteiger charge is 2.31. The molecule has 39 heavy (non-hydrogen) atoms. The maximum atomic E-state index is 14.6. The van der Waals surface area contributed by atoms with E-state index in [1.54, 1.807) is 6.07 Å². The highest BCUT2D eigenvalue weighted by molar-refractivity contribution is 7.76. The molecule has 3 aromatic carbocycles. The summed E-state index contributed by atoms with van der Waals surface area (Å²) in [7, 11) is -0.329. The highest BCUT2D eigenvalue weighted by Crippen LogP contribution is 2.45. The Bertz CT molecular complexity index is 1570. The summed E-state index contributed by atoms with van der Waals surface area (Å²) < 4.78 is 57.8. The molecule has 0 bridgehead atoms. The first-order valence-corrected chi connectivity index (χ1v) is 13.3. The van der Waals surface area contributed by atoms with Crippen LogP contribution in [0, 0.1) is 11.6 Å². The van der Waals surface area contributed by atoms with Gasteiger partial charge in [0.25, 0.3) is 5.91 Å². The maximum absolute atomic E-state index is 14.6. The number of hydrogen-bond acceptors (Lipinski definition) is 5. The number of amides is 1. The predicted molar refractivity (Wildman–Crippen MR) is 143 cm³/mol. The number of hydrogen-bond donors (Lipinski definition) is 4. The molecule has 1 fully saturated rings. The molecule has 5 rings (SSSR count). The molecule has 202 valence electrons. The van der Waals surface area contributed by atoms with E-state index in [1.165, 1.54) is 47.8 Å². The minimum atomic E-state index is -2.46. The van der Waals surface area contributed by atoms with Crippen LogP contribution in [-0.2, 0) is 24.4 Å². The Kier molecular flexibility index (Phi) is 7.65. The van der Waals surface area contributed by atoms with E-state index in [1.807, 2.05) is 6.07 Å². The number of nitrogens with one attached hydrogen (secondary N) is 1. The minimum Gasteiger partial charge on any atom is -0.455 e. The van der Waals surface area contributed by atoms with Crippen molar-refractivity contribution in [3.05, 3.63) is 88.5 Å². The average molecular weight is 554 g/mol. The molecule has 0 aliphatic heterocycles. The van der Waals surface area contributed by atoms with Gasteiger partial charge in [0.15, 0.2) is 0 Å². The van der Waals surface area contributed by atoms with Crippen LogP contribution < -0.4 is 10.8 Å². The van der Waals surface area contributed by atoms with Crippen molar-refractivity contribution in [2.24, 2.45) is 0 Å². The minimum absolute atomic E-state index is 0.0173. The van der Waals surface area contributed by atoms with Gasteiger partial charge in [-0.25, -0.2) is 13.0 Å². The van der Waals surface area contributed by atoms with Crippen molar-refractivity contribution < 1.29 is 36.8 Å². The van der Waals surface area contributed by atoms with Gasteiger partial charge < -0.3 is 19.8 Å². The van der Waals surface area contributed by atoms with Crippen molar-refractivity contribution >= 4 is 40.7 Å². The van der Waals surface area contributed by atoms with Crippen molar-refractivity contribution in [1.82, 2.24) is 9.62 Å². The highest BCUT2D eigenvalue weighted by atomic mass is 32.2. The summed E-state index contributed by atoms with van der Waals surface area (Å²) >= 11 is -2.46. The van der Waals surface area contributed by atoms with Crippen molar-refractivity contribution in [3.63, 3.8) is 0 Å². The lowest BCUT2D eigenvalue weighted by molar-refractivity contribution is 0.0964. The van der Waals surface area contributed by atoms with Crippen molar-refractivity contribution in [3.8, 4) is 11.3 Å². The third-order valence-corrected chi connectivity index (χ3v) is 7.52. The van der Waals surface area contributed by atoms with Gasteiger partial charge in [-0.1, -0.05) is 12.1 Å². The van der Waals surface area contributed by atoms with Gasteiger partial charge >= 0.3 is 7.12 Å². The molecule has 0 saturated heterocycles. The van der Waals surface area contributed by atoms with Crippen LogP contribution >= 0.6 is 0 Å². The third-order valence-electron chi connectivity index (χ3n) is 6.82. The van der Waals surface area contributed by atoms with Gasteiger partial charge in [-0.2, -0.15) is 4.31 Å². The van der Waals surface area contributed by atoms with Crippen molar-refractivity contribution in [2.45, 2.75) is 31.8 Å². The molecule has 0 spiro atoms. The zero-order chi connectivity index (χ0) is 27.8. The summed E-state index contributed by atoms with van der Waals surface area (Å²) in [6.07, 6.45) is 1.83. The normalized spacial score (nSPS) is 14.1. The Hall–Kier alpha value is -3.42. The van der Waals surface area contributed by atoms with Crippen LogP contribution in [0.25, 0.3) is 22.3 Å². The maximum Gasteiger partial charge on any atom is 0.488 e. The fraction of sp³-hybridized carbons (Fsp3) is 0.222. The quantitative estimate of drug-likeness (QED) is 0.186. The predicted octanol–water partition coefficient (Wildman–Crippen LogP) is 3.43. The molecule has 1 saturated carbocycles. The summed E-state index contributed by atoms with van der Waals surface area (Å²) in [5.74, 6) is -1.06. The third kappa shape index (κ3) is 5.65. The summed E-state index contributed by atoms with van der Waals surface area (Å²) in [6.45, 7) is -0.238. The van der Waals surface area contributed by atoms with E-state index in [0.717, 1.165) is 24.5 Å². The molecule has 1 atom stereocenters. The Balaban J connectivity index is 1.56. The van der Waals surface area contributed by atoms with Gasteiger partial charge in [0.05, 0.1) is 5.56 Å². The molecule has 8 nitrogen and oxygen atoms in total. The first-order valence-electron chi connectivity index (χ1n) is 12.2. The van der Waals surface area contributed by atoms with Crippen LogP contribution in [0.1, 0.15) is 45.8 Å². The second-order valence-electron chi connectivity index (χ2n) is 9.47. The fourth-order valence-corrected chi connectivity index (χ4v) is 5.17. The van der Waals surface area contributed by atoms with Crippen LogP contribution in [0.2, 0.25) is 0 Å². The standard InChI is InChI=1S/C27H25BF2N2O6S/c1-31-27(33)25-22-12-21(15-2-3-15)18(10-24(22)38-26(25)16-5-8-20(29)9-6-16)14-32(39(36)37)13-17-4-7-19(28(34)35)11-23(17)30/h4-12,15,34-35H,2-3,13-14H2,1H3,(H,31,33)(H,36,37). The monoisotopic (exact) mass is 554 g/mol. The number of carbonyl (C=O) groups is 1. The van der Waals surface area contributed by atoms with Crippen LogP contribution in [-0.4, -0.2) is 43.2 Å². The SMILES string of the molecule is CNC(=O)c1c(-c2ccc(F)cc2)oc2cc(CN(Cc3ccc(B(O)O)cc3F)S(=O)O)c(C3CC3)cc12. The van der Waals surface area contributed by atoms with E-state index in [4.69, 9.17) is 4.42 Å². The number of furan rings is 1. The lowest BCUT2D eigenvalue weighted by Gasteiger charge is -2.20. The molecule has 1 aliphatic carbocycles. The number of nitrogens with zero attached hydrogens (tertiary/aromatic N) is 1. The number of rotatable bonds is 9. The summed E-state index contributed by atoms with van der Waals surface area (Å²) in [6, 6.07) is 12.8. The molecule has 1 amide bonds. The fourth-order valence-electron chi connectivity index (χ4n) is 4.67. The number of halogens is 2. The summed E-state index contributed by atoms with van der Waals surface area (Å²) in [4.78, 5) is 12.9. The molecule has 0 radical (unpaired) electrons. The molecular formula is C27H25BF2N2O6S. The van der Waals surface area contributed by atoms with Gasteiger partial charge in [-0.05, 0) is 77.8 Å². The second kappa shape index (κ2) is 11.0. The topological polar surface area (TPSA) is 123 Å². The molecule has 1 aliphatic rings. The van der Waals surface area contributed by atoms with Gasteiger partial charge in [0, 0.05) is 36.7 Å². The van der Waals surface area contributed by atoms with Gasteiger partial charge in [0.2, 0.25) is 11.3 Å². The summed E-state index contributed by atoms with van der Waals surface area (Å²) in [5.41, 5.74) is 2.87. The molecular weight excluding hydrogens is 529 g/mol. The number of carbonyl (C=O) groups excluding carboxylic acids is 1. The molecule has 4 N–H and O–H groups in total. The van der Waals surface area contributed by atoms with E-state index in [2.05, 4.69) is 5.32 Å². The van der Waals surface area contributed by atoms with Gasteiger partial charge in [-0.3, -0.25) is 9.35 Å². The van der Waals surface area contributed by atoms with E-state index in [-0.39, 0.29) is 41.7 Å². The first-order chi connectivity index (χ1) is 18.7. The Morgan fingerprint density at radius 2 is 1.77 bits per heavy atom. The van der Waals surface area contributed by atoms with E-state index in [9.17, 15) is 32.4 Å². The van der Waals surface area contributed by atoms with E-state index in [0.29, 0.717) is 27.7 Å². The van der Waals surface area contributed by atoms with Crippen molar-refractivity contribution in [2.75, 3.05) is 7.05 Å². The van der Waals surface area contributed by atoms with E-state index < -0.39 is 30.0 Å². The van der Waals surface area contributed by atoms with Gasteiger partial charge in [-0.15, -0.1) is 0 Å². The van der Waals surface area contributed by atoms with Crippen LogP contribution in [0.3, 0.4) is 0 Å². The zero-order valence-electron chi connectivity index (χ0n) is 20.9. The lowest BCUT2D eigenvalue weighted by Crippen LogP contribution is -2.31. The van der Waals surface area contributed by atoms with Crippen molar-refractivity contribution in [1.29, 1.82) is 0 Å². The molecule has 1 aromatic heterocycles. The molecule has 4 aromatic rings. The number of fused-ring (bicyclic) bond motifs is 1. The second-order valence-corrected chi connectivity index (χ2v) is 10.4. The Morgan fingerprint density at radius 3 is 2.36 bits per heavy atom. The molecule has 1 unspecified atom stereocenters. The average Bonchev–Trinajstić information content (AvgIpc) is 3.69. The van der Waals surface area contributed by atoms with Gasteiger partial charge in [0.1, 0.15) is 23.0 Å². The molecule has 12 heteroatoms. The first kappa shape index (κ1) is 27.2. The van der Waals surface area contributed by atoms with E-state index >= 15 is 0 Å². The molecule has 1 heterocycles. The van der Waals surface area contributed by atoms with Crippen LogP contribution in [0.4, 0.5) is 8.78 Å². The van der Waals surface area contributed by atoms with Crippen LogP contribution in [0.5, 0.6) is 0 Å². The Labute approximate surface area is 225 Å². The van der Waals surface area contributed by atoms with Crippen LogP contribution in [0.15, 0.2) is 59.0 Å². The smallest absolute Gasteiger partial charge is 0.455 e.